The molecule has 0 N–H and O–H groups in total. The molecule has 1 saturated heterocycles. The molecule has 0 aromatic heterocycles. The van der Waals surface area contributed by atoms with Crippen LogP contribution in [0.4, 0.5) is 0 Å². The van der Waals surface area contributed by atoms with Gasteiger partial charge in [-0.1, -0.05) is 42.5 Å². The van der Waals surface area contributed by atoms with Gasteiger partial charge >= 0.3 is 5.97 Å². The van der Waals surface area contributed by atoms with Gasteiger partial charge in [0.05, 0.1) is 20.3 Å². The third-order valence-electron chi connectivity index (χ3n) is 6.33. The molecule has 1 saturated carbocycles. The van der Waals surface area contributed by atoms with Crippen molar-refractivity contribution in [2.75, 3.05) is 20.3 Å². The second-order valence-electron chi connectivity index (χ2n) is 8.61. The van der Waals surface area contributed by atoms with Gasteiger partial charge < -0.3 is 18.9 Å². The highest BCUT2D eigenvalue weighted by Gasteiger charge is 2.51. The lowest BCUT2D eigenvalue weighted by atomic mass is 9.86. The zero-order chi connectivity index (χ0) is 22.7. The first-order chi connectivity index (χ1) is 15.6. The van der Waals surface area contributed by atoms with E-state index < -0.39 is 5.60 Å². The van der Waals surface area contributed by atoms with E-state index in [2.05, 4.69) is 4.74 Å². The minimum atomic E-state index is -0.905. The number of hydrogen-bond donors (Lipinski definition) is 0. The molecule has 1 aromatic carbocycles. The molecule has 0 bridgehead atoms. The third kappa shape index (κ3) is 6.99. The van der Waals surface area contributed by atoms with E-state index in [1.807, 2.05) is 42.5 Å². The topological polar surface area (TPSA) is 71.1 Å². The normalized spacial score (nSPS) is 26.0. The number of carbonyl (C=O) groups excluding carboxylic acids is 2. The van der Waals surface area contributed by atoms with E-state index in [0.29, 0.717) is 39.1 Å². The molecule has 1 aliphatic heterocycles. The quantitative estimate of drug-likeness (QED) is 0.263. The standard InChI is InChI=1S/C26H36O6/c1-29-24(28)13-7-2-3-9-17-26(32-25-14-8-10-18-31-25)22(15-16-23(26)27)20-30-19-21-11-5-4-6-12-21/h3-6,9,11-12,22,25H,2,7-8,10,13-20H2,1H3. The summed E-state index contributed by atoms with van der Waals surface area (Å²) in [7, 11) is 1.40. The second-order valence-corrected chi connectivity index (χ2v) is 8.61. The van der Waals surface area contributed by atoms with Crippen LogP contribution in [0.15, 0.2) is 42.5 Å². The summed E-state index contributed by atoms with van der Waals surface area (Å²) < 4.78 is 23.0. The van der Waals surface area contributed by atoms with Crippen LogP contribution in [0.3, 0.4) is 0 Å². The molecule has 6 nitrogen and oxygen atoms in total. The predicted molar refractivity (Wildman–Crippen MR) is 121 cm³/mol. The molecule has 0 spiro atoms. The molecule has 176 valence electrons. The lowest BCUT2D eigenvalue weighted by Gasteiger charge is -2.37. The Morgan fingerprint density at radius 2 is 2.03 bits per heavy atom. The van der Waals surface area contributed by atoms with Gasteiger partial charge in [0, 0.05) is 31.8 Å². The van der Waals surface area contributed by atoms with E-state index in [1.165, 1.54) is 7.11 Å². The molecule has 3 atom stereocenters. The summed E-state index contributed by atoms with van der Waals surface area (Å²) in [6.45, 7) is 1.67. The van der Waals surface area contributed by atoms with Crippen molar-refractivity contribution in [3.63, 3.8) is 0 Å². The Bertz CT molecular complexity index is 740. The van der Waals surface area contributed by atoms with Gasteiger partial charge in [0.15, 0.2) is 12.1 Å². The Morgan fingerprint density at radius 1 is 1.19 bits per heavy atom. The number of methoxy groups -OCH3 is 1. The molecule has 1 heterocycles. The Kier molecular flexibility index (Phi) is 9.90. The fraction of sp³-hybridized carbons (Fsp3) is 0.615. The Hall–Kier alpha value is -2.02. The molecule has 0 amide bonds. The zero-order valence-electron chi connectivity index (χ0n) is 19.1. The van der Waals surface area contributed by atoms with Crippen molar-refractivity contribution in [2.24, 2.45) is 5.92 Å². The number of esters is 1. The monoisotopic (exact) mass is 444 g/mol. The van der Waals surface area contributed by atoms with Gasteiger partial charge in [-0.3, -0.25) is 9.59 Å². The summed E-state index contributed by atoms with van der Waals surface area (Å²) in [4.78, 5) is 24.4. The van der Waals surface area contributed by atoms with Crippen LogP contribution >= 0.6 is 0 Å². The van der Waals surface area contributed by atoms with Gasteiger partial charge in [-0.15, -0.1) is 0 Å². The highest BCUT2D eigenvalue weighted by Crippen LogP contribution is 2.41. The largest absolute Gasteiger partial charge is 0.469 e. The van der Waals surface area contributed by atoms with E-state index in [4.69, 9.17) is 14.2 Å². The van der Waals surface area contributed by atoms with E-state index in [1.54, 1.807) is 0 Å². The zero-order valence-corrected chi connectivity index (χ0v) is 19.1. The number of hydrogen-bond acceptors (Lipinski definition) is 6. The number of rotatable bonds is 12. The van der Waals surface area contributed by atoms with Crippen LogP contribution < -0.4 is 0 Å². The average Bonchev–Trinajstić information content (AvgIpc) is 3.12. The smallest absolute Gasteiger partial charge is 0.305 e. The van der Waals surface area contributed by atoms with Crippen LogP contribution in [0.5, 0.6) is 0 Å². The molecule has 3 unspecified atom stereocenters. The molecule has 6 heteroatoms. The molecule has 2 aliphatic rings. The molecule has 2 fully saturated rings. The Morgan fingerprint density at radius 3 is 2.78 bits per heavy atom. The van der Waals surface area contributed by atoms with Crippen molar-refractivity contribution in [2.45, 2.75) is 76.3 Å². The number of Topliss-reactive ketones (excluding diaryl/α,β-unsaturated/α-hetero) is 1. The van der Waals surface area contributed by atoms with Gasteiger partial charge in [-0.2, -0.15) is 0 Å². The Labute approximate surface area is 191 Å². The maximum atomic E-state index is 13.1. The Balaban J connectivity index is 1.62. The average molecular weight is 445 g/mol. The number of ether oxygens (including phenoxy) is 4. The van der Waals surface area contributed by atoms with Crippen molar-refractivity contribution in [3.05, 3.63) is 48.0 Å². The molecule has 0 radical (unpaired) electrons. The van der Waals surface area contributed by atoms with E-state index >= 15 is 0 Å². The van der Waals surface area contributed by atoms with Crippen molar-refractivity contribution >= 4 is 11.8 Å². The summed E-state index contributed by atoms with van der Waals surface area (Å²) in [6.07, 6.45) is 10.3. The summed E-state index contributed by atoms with van der Waals surface area (Å²) in [6, 6.07) is 10.1. The SMILES string of the molecule is COC(=O)CCCC=CCC1(OC2CCCCO2)C(=O)CCC1COCc1ccccc1. The number of ketones is 1. The maximum Gasteiger partial charge on any atom is 0.305 e. The summed E-state index contributed by atoms with van der Waals surface area (Å²) in [5, 5.41) is 0. The van der Waals surface area contributed by atoms with Gasteiger partial charge in [-0.05, 0) is 44.1 Å². The molecule has 1 aromatic rings. The van der Waals surface area contributed by atoms with Crippen LogP contribution in [-0.4, -0.2) is 44.0 Å². The number of benzene rings is 1. The summed E-state index contributed by atoms with van der Waals surface area (Å²) >= 11 is 0. The first kappa shape index (κ1) is 24.6. The lowest BCUT2D eigenvalue weighted by molar-refractivity contribution is -0.232. The highest BCUT2D eigenvalue weighted by atomic mass is 16.7. The number of unbranched alkanes of at least 4 members (excludes halogenated alkanes) is 1. The van der Waals surface area contributed by atoms with Crippen LogP contribution in [0, 0.1) is 5.92 Å². The molecular formula is C26H36O6. The minimum absolute atomic E-state index is 0.0102. The second kappa shape index (κ2) is 12.9. The molecule has 3 rings (SSSR count). The number of allylic oxidation sites excluding steroid dienone is 1. The van der Waals surface area contributed by atoms with Crippen LogP contribution in [-0.2, 0) is 35.1 Å². The highest BCUT2D eigenvalue weighted by molar-refractivity contribution is 5.90. The first-order valence-corrected chi connectivity index (χ1v) is 11.8. The number of carbonyl (C=O) groups is 2. The summed E-state index contributed by atoms with van der Waals surface area (Å²) in [5.41, 5.74) is 0.210. The van der Waals surface area contributed by atoms with Crippen LogP contribution in [0.1, 0.15) is 63.4 Å². The van der Waals surface area contributed by atoms with Crippen molar-refractivity contribution in [3.8, 4) is 0 Å². The molecule has 32 heavy (non-hydrogen) atoms. The van der Waals surface area contributed by atoms with Gasteiger partial charge in [0.2, 0.25) is 0 Å². The fourth-order valence-corrected chi connectivity index (χ4v) is 4.46. The van der Waals surface area contributed by atoms with Crippen LogP contribution in [0.2, 0.25) is 0 Å². The third-order valence-corrected chi connectivity index (χ3v) is 6.33. The van der Waals surface area contributed by atoms with E-state index in [-0.39, 0.29) is 24.0 Å². The first-order valence-electron chi connectivity index (χ1n) is 11.8. The predicted octanol–water partition coefficient (Wildman–Crippen LogP) is 4.75. The van der Waals surface area contributed by atoms with Gasteiger partial charge in [0.25, 0.3) is 0 Å². The van der Waals surface area contributed by atoms with Crippen molar-refractivity contribution in [1.82, 2.24) is 0 Å². The van der Waals surface area contributed by atoms with Crippen LogP contribution in [0.25, 0.3) is 0 Å². The van der Waals surface area contributed by atoms with Gasteiger partial charge in [-0.25, -0.2) is 0 Å². The summed E-state index contributed by atoms with van der Waals surface area (Å²) in [5.74, 6) is -0.0718. The molecule has 1 aliphatic carbocycles. The van der Waals surface area contributed by atoms with Gasteiger partial charge in [0.1, 0.15) is 5.60 Å². The lowest BCUT2D eigenvalue weighted by Crippen LogP contribution is -2.48. The maximum absolute atomic E-state index is 13.1. The van der Waals surface area contributed by atoms with E-state index in [0.717, 1.165) is 44.1 Å². The van der Waals surface area contributed by atoms with Crippen molar-refractivity contribution < 1.29 is 28.5 Å². The van der Waals surface area contributed by atoms with Crippen molar-refractivity contribution in [1.29, 1.82) is 0 Å². The fourth-order valence-electron chi connectivity index (χ4n) is 4.46. The van der Waals surface area contributed by atoms with E-state index in [9.17, 15) is 9.59 Å². The molecular weight excluding hydrogens is 408 g/mol. The minimum Gasteiger partial charge on any atom is -0.469 e.